The Bertz CT molecular complexity index is 2660. The summed E-state index contributed by atoms with van der Waals surface area (Å²) in [4.78, 5) is 2.39. The van der Waals surface area contributed by atoms with Crippen LogP contribution in [0.3, 0.4) is 0 Å². The average molecular weight is 670 g/mol. The van der Waals surface area contributed by atoms with Crippen molar-refractivity contribution in [3.05, 3.63) is 186 Å². The van der Waals surface area contributed by atoms with Crippen LogP contribution in [0.5, 0.6) is 0 Å². The lowest BCUT2D eigenvalue weighted by atomic mass is 9.81. The van der Waals surface area contributed by atoms with Gasteiger partial charge in [-0.1, -0.05) is 143 Å². The molecule has 250 valence electrons. The number of fused-ring (bicyclic) bond motifs is 8. The SMILES string of the molecule is CC1(C)c2ccccc2-c2cc(N(c3ccc(-c4ccccc4)cc3)c3ccc(-c4ccc5c(c4)-c4oc6ccccc6c4C5(C)C)cc3)ccc21. The quantitative estimate of drug-likeness (QED) is 0.181. The van der Waals surface area contributed by atoms with Gasteiger partial charge in [-0.15, -0.1) is 0 Å². The molecule has 2 heteroatoms. The lowest BCUT2D eigenvalue weighted by Crippen LogP contribution is -2.15. The van der Waals surface area contributed by atoms with Crippen LogP contribution in [0.4, 0.5) is 17.1 Å². The highest BCUT2D eigenvalue weighted by atomic mass is 16.3. The molecule has 0 atom stereocenters. The van der Waals surface area contributed by atoms with Crippen molar-refractivity contribution < 1.29 is 4.42 Å². The smallest absolute Gasteiger partial charge is 0.139 e. The van der Waals surface area contributed by atoms with Crippen molar-refractivity contribution in [3.63, 3.8) is 0 Å². The molecule has 0 saturated carbocycles. The fourth-order valence-corrected chi connectivity index (χ4v) is 8.98. The van der Waals surface area contributed by atoms with Crippen molar-refractivity contribution in [2.45, 2.75) is 38.5 Å². The van der Waals surface area contributed by atoms with Crippen LogP contribution >= 0.6 is 0 Å². The first-order chi connectivity index (χ1) is 25.3. The Balaban J connectivity index is 1.06. The highest BCUT2D eigenvalue weighted by Crippen LogP contribution is 2.54. The van der Waals surface area contributed by atoms with Crippen molar-refractivity contribution >= 4 is 28.0 Å². The molecule has 52 heavy (non-hydrogen) atoms. The standard InChI is InChI=1S/C50H39NO/c1-49(2)43-16-10-8-14-39(43)41-31-38(27-29-44(41)49)51(36-23-18-33(19-24-36)32-12-6-5-7-13-32)37-25-20-34(21-26-37)35-22-28-45-42(30-35)48-47(50(45,3)4)40-15-9-11-17-46(40)52-48/h5-31H,1-4H3. The van der Waals surface area contributed by atoms with E-state index in [1.807, 2.05) is 0 Å². The fourth-order valence-electron chi connectivity index (χ4n) is 8.98. The molecule has 2 aliphatic rings. The van der Waals surface area contributed by atoms with E-state index in [1.165, 1.54) is 66.6 Å². The second-order valence-corrected chi connectivity index (χ2v) is 15.4. The van der Waals surface area contributed by atoms with Gasteiger partial charge in [-0.2, -0.15) is 0 Å². The lowest BCUT2D eigenvalue weighted by molar-refractivity contribution is 0.619. The van der Waals surface area contributed by atoms with Gasteiger partial charge in [-0.05, 0) is 98.6 Å². The topological polar surface area (TPSA) is 16.4 Å². The summed E-state index contributed by atoms with van der Waals surface area (Å²) in [5.41, 5.74) is 18.2. The Morgan fingerprint density at radius 1 is 0.404 bits per heavy atom. The summed E-state index contributed by atoms with van der Waals surface area (Å²) >= 11 is 0. The molecule has 7 aromatic carbocycles. The molecule has 2 aliphatic carbocycles. The van der Waals surface area contributed by atoms with Gasteiger partial charge in [0.25, 0.3) is 0 Å². The number of rotatable bonds is 5. The van der Waals surface area contributed by atoms with Gasteiger partial charge < -0.3 is 9.32 Å². The van der Waals surface area contributed by atoms with Gasteiger partial charge >= 0.3 is 0 Å². The second-order valence-electron chi connectivity index (χ2n) is 15.4. The highest BCUT2D eigenvalue weighted by molar-refractivity contribution is 5.95. The number of hydrogen-bond acceptors (Lipinski definition) is 2. The van der Waals surface area contributed by atoms with Crippen LogP contribution in [0.1, 0.15) is 49.9 Å². The van der Waals surface area contributed by atoms with Gasteiger partial charge in [0.2, 0.25) is 0 Å². The van der Waals surface area contributed by atoms with Gasteiger partial charge in [0, 0.05) is 44.4 Å². The predicted molar refractivity (Wildman–Crippen MR) is 217 cm³/mol. The van der Waals surface area contributed by atoms with E-state index in [9.17, 15) is 0 Å². The Kier molecular flexibility index (Phi) is 6.60. The molecule has 0 fully saturated rings. The molecular weight excluding hydrogens is 631 g/mol. The maximum absolute atomic E-state index is 6.51. The van der Waals surface area contributed by atoms with Gasteiger partial charge in [0.15, 0.2) is 0 Å². The molecule has 0 radical (unpaired) electrons. The van der Waals surface area contributed by atoms with Crippen LogP contribution in [0, 0.1) is 0 Å². The van der Waals surface area contributed by atoms with E-state index < -0.39 is 0 Å². The molecule has 0 spiro atoms. The van der Waals surface area contributed by atoms with Crippen LogP contribution < -0.4 is 4.90 Å². The Hall–Kier alpha value is -6.12. The van der Waals surface area contributed by atoms with E-state index in [1.54, 1.807) is 0 Å². The van der Waals surface area contributed by atoms with Crippen molar-refractivity contribution in [1.82, 2.24) is 0 Å². The summed E-state index contributed by atoms with van der Waals surface area (Å²) in [6.07, 6.45) is 0. The van der Waals surface area contributed by atoms with Crippen LogP contribution in [-0.2, 0) is 10.8 Å². The summed E-state index contributed by atoms with van der Waals surface area (Å²) in [6.45, 7) is 9.30. The zero-order valence-electron chi connectivity index (χ0n) is 29.9. The summed E-state index contributed by atoms with van der Waals surface area (Å²) in [5.74, 6) is 1.01. The van der Waals surface area contributed by atoms with E-state index in [4.69, 9.17) is 4.42 Å². The van der Waals surface area contributed by atoms with Crippen LogP contribution in [0.2, 0.25) is 0 Å². The molecule has 0 amide bonds. The van der Waals surface area contributed by atoms with Crippen LogP contribution in [-0.4, -0.2) is 0 Å². The third-order valence-corrected chi connectivity index (χ3v) is 11.7. The zero-order chi connectivity index (χ0) is 35.2. The summed E-state index contributed by atoms with van der Waals surface area (Å²) in [5, 5.41) is 1.21. The number of anilines is 3. The largest absolute Gasteiger partial charge is 0.456 e. The molecular formula is C50H39NO. The second kappa shape index (κ2) is 11.2. The van der Waals surface area contributed by atoms with Crippen molar-refractivity contribution in [2.75, 3.05) is 4.90 Å². The maximum atomic E-state index is 6.51. The van der Waals surface area contributed by atoms with Gasteiger partial charge in [-0.25, -0.2) is 0 Å². The fraction of sp³-hybridized carbons (Fsp3) is 0.120. The minimum absolute atomic E-state index is 0.0392. The molecule has 0 bridgehead atoms. The van der Waals surface area contributed by atoms with E-state index in [0.717, 1.165) is 28.4 Å². The molecule has 0 aliphatic heterocycles. The molecule has 0 N–H and O–H groups in total. The Labute approximate surface area is 305 Å². The first-order valence-corrected chi connectivity index (χ1v) is 18.3. The van der Waals surface area contributed by atoms with Crippen molar-refractivity contribution in [2.24, 2.45) is 0 Å². The molecule has 1 aromatic heterocycles. The monoisotopic (exact) mass is 669 g/mol. The van der Waals surface area contributed by atoms with Crippen LogP contribution in [0.15, 0.2) is 168 Å². The van der Waals surface area contributed by atoms with Crippen molar-refractivity contribution in [3.8, 4) is 44.7 Å². The minimum atomic E-state index is -0.123. The molecule has 8 aromatic rings. The third kappa shape index (κ3) is 4.50. The van der Waals surface area contributed by atoms with E-state index in [0.29, 0.717) is 0 Å². The van der Waals surface area contributed by atoms with Crippen LogP contribution in [0.25, 0.3) is 55.7 Å². The normalized spacial score (nSPS) is 14.5. The molecule has 0 saturated heterocycles. The van der Waals surface area contributed by atoms with E-state index >= 15 is 0 Å². The predicted octanol–water partition coefficient (Wildman–Crippen LogP) is 13.8. The molecule has 2 nitrogen and oxygen atoms in total. The Morgan fingerprint density at radius 2 is 0.942 bits per heavy atom. The average Bonchev–Trinajstić information content (AvgIpc) is 3.76. The third-order valence-electron chi connectivity index (χ3n) is 11.7. The Morgan fingerprint density at radius 3 is 1.69 bits per heavy atom. The first-order valence-electron chi connectivity index (χ1n) is 18.3. The summed E-state index contributed by atoms with van der Waals surface area (Å²) < 4.78 is 6.51. The summed E-state index contributed by atoms with van der Waals surface area (Å²) in [7, 11) is 0. The van der Waals surface area contributed by atoms with Gasteiger partial charge in [0.1, 0.15) is 11.3 Å². The number of furan rings is 1. The number of hydrogen-bond donors (Lipinski definition) is 0. The highest BCUT2D eigenvalue weighted by Gasteiger charge is 2.40. The van der Waals surface area contributed by atoms with E-state index in [-0.39, 0.29) is 10.8 Å². The molecule has 0 unspecified atom stereocenters. The van der Waals surface area contributed by atoms with Gasteiger partial charge in [-0.3, -0.25) is 0 Å². The van der Waals surface area contributed by atoms with E-state index in [2.05, 4.69) is 196 Å². The number of nitrogens with zero attached hydrogens (tertiary/aromatic N) is 1. The molecule has 1 heterocycles. The molecule has 10 rings (SSSR count). The minimum Gasteiger partial charge on any atom is -0.456 e. The number of para-hydroxylation sites is 1. The first kappa shape index (κ1) is 30.7. The maximum Gasteiger partial charge on any atom is 0.139 e. The number of benzene rings is 7. The lowest BCUT2D eigenvalue weighted by Gasteiger charge is -2.27. The summed E-state index contributed by atoms with van der Waals surface area (Å²) in [6, 6.07) is 59.8. The zero-order valence-corrected chi connectivity index (χ0v) is 29.9. The van der Waals surface area contributed by atoms with Gasteiger partial charge in [0.05, 0.1) is 0 Å². The van der Waals surface area contributed by atoms with Crippen molar-refractivity contribution in [1.29, 1.82) is 0 Å².